The molecule has 3 unspecified atom stereocenters. The van der Waals surface area contributed by atoms with Gasteiger partial charge in [-0.2, -0.15) is 0 Å². The molecule has 0 aliphatic carbocycles. The van der Waals surface area contributed by atoms with Crippen molar-refractivity contribution >= 4 is 5.91 Å². The number of nitrogens with two attached hydrogens (primary N) is 1. The van der Waals surface area contributed by atoms with Crippen LogP contribution in [-0.4, -0.2) is 41.5 Å². The Kier molecular flexibility index (Phi) is 4.62. The number of hydrogen-bond acceptors (Lipinski definition) is 3. The van der Waals surface area contributed by atoms with E-state index in [4.69, 9.17) is 5.73 Å². The minimum absolute atomic E-state index is 0.193. The van der Waals surface area contributed by atoms with Crippen molar-refractivity contribution in [1.29, 1.82) is 0 Å². The van der Waals surface area contributed by atoms with Crippen molar-refractivity contribution in [3.05, 3.63) is 0 Å². The minimum Gasteiger partial charge on any atom is -0.354 e. The lowest BCUT2D eigenvalue weighted by Crippen LogP contribution is -2.48. The normalized spacial score (nSPS) is 33.4. The summed E-state index contributed by atoms with van der Waals surface area (Å²) in [5.74, 6) is 0.193. The molecule has 0 spiro atoms. The Morgan fingerprint density at radius 3 is 2.56 bits per heavy atom. The zero-order chi connectivity index (χ0) is 13.1. The summed E-state index contributed by atoms with van der Waals surface area (Å²) in [5.41, 5.74) is 6.05. The zero-order valence-electron chi connectivity index (χ0n) is 11.7. The second-order valence-corrected chi connectivity index (χ2v) is 5.98. The van der Waals surface area contributed by atoms with Crippen LogP contribution in [0.2, 0.25) is 0 Å². The fraction of sp³-hybridized carbons (Fsp3) is 0.929. The molecule has 0 aromatic heterocycles. The van der Waals surface area contributed by atoms with Crippen LogP contribution < -0.4 is 11.1 Å². The van der Waals surface area contributed by atoms with Crippen molar-refractivity contribution in [2.45, 2.75) is 76.5 Å². The third kappa shape index (κ3) is 3.23. The third-order valence-corrected chi connectivity index (χ3v) is 4.54. The van der Waals surface area contributed by atoms with Gasteiger partial charge in [0.05, 0.1) is 0 Å². The number of carbonyl (C=O) groups is 1. The monoisotopic (exact) mass is 253 g/mol. The topological polar surface area (TPSA) is 58.4 Å². The molecule has 104 valence electrons. The predicted octanol–water partition coefficient (Wildman–Crippen LogP) is 1.25. The highest BCUT2D eigenvalue weighted by atomic mass is 16.1. The summed E-state index contributed by atoms with van der Waals surface area (Å²) in [6.45, 7) is 5.06. The number of carbonyl (C=O) groups excluding carboxylic acids is 1. The van der Waals surface area contributed by atoms with Gasteiger partial charge in [-0.15, -0.1) is 0 Å². The Bertz CT molecular complexity index is 281. The van der Waals surface area contributed by atoms with Crippen LogP contribution in [0.5, 0.6) is 0 Å². The van der Waals surface area contributed by atoms with Crippen molar-refractivity contribution in [3.8, 4) is 0 Å². The number of nitrogens with one attached hydrogen (secondary N) is 1. The molecule has 2 heterocycles. The number of hydrogen-bond donors (Lipinski definition) is 2. The molecule has 4 nitrogen and oxygen atoms in total. The van der Waals surface area contributed by atoms with Crippen molar-refractivity contribution in [1.82, 2.24) is 10.2 Å². The van der Waals surface area contributed by atoms with Crippen molar-refractivity contribution < 1.29 is 4.79 Å². The number of piperidine rings is 1. The number of rotatable bonds is 5. The fourth-order valence-corrected chi connectivity index (χ4v) is 3.36. The lowest BCUT2D eigenvalue weighted by molar-refractivity contribution is -0.122. The second kappa shape index (κ2) is 6.02. The van der Waals surface area contributed by atoms with Crippen molar-refractivity contribution in [2.24, 2.45) is 5.73 Å². The molecule has 0 aromatic carbocycles. The Balaban J connectivity index is 1.76. The highest BCUT2D eigenvalue weighted by molar-refractivity contribution is 5.76. The van der Waals surface area contributed by atoms with Crippen LogP contribution in [0.4, 0.5) is 0 Å². The molecule has 2 aliphatic rings. The fourth-order valence-electron chi connectivity index (χ4n) is 3.36. The minimum atomic E-state index is 0.193. The van der Waals surface area contributed by atoms with E-state index < -0.39 is 0 Å². The van der Waals surface area contributed by atoms with Gasteiger partial charge in [-0.1, -0.05) is 6.92 Å². The molecular weight excluding hydrogens is 226 g/mol. The first-order valence-electron chi connectivity index (χ1n) is 7.40. The SMILES string of the molecule is CCC(C)NC(=O)CCN1C2CCC1CC(N)C2. The summed E-state index contributed by atoms with van der Waals surface area (Å²) in [7, 11) is 0. The molecule has 2 bridgehead atoms. The second-order valence-electron chi connectivity index (χ2n) is 5.98. The van der Waals surface area contributed by atoms with Gasteiger partial charge in [-0.3, -0.25) is 9.69 Å². The number of amides is 1. The van der Waals surface area contributed by atoms with E-state index in [1.54, 1.807) is 0 Å². The van der Waals surface area contributed by atoms with E-state index in [-0.39, 0.29) is 5.91 Å². The van der Waals surface area contributed by atoms with Crippen LogP contribution in [0.1, 0.15) is 52.4 Å². The van der Waals surface area contributed by atoms with Gasteiger partial charge in [0.25, 0.3) is 0 Å². The Morgan fingerprint density at radius 1 is 1.39 bits per heavy atom. The van der Waals surface area contributed by atoms with Crippen LogP contribution in [0.25, 0.3) is 0 Å². The maximum absolute atomic E-state index is 11.8. The molecule has 2 saturated heterocycles. The molecule has 4 heteroatoms. The van der Waals surface area contributed by atoms with E-state index >= 15 is 0 Å². The summed E-state index contributed by atoms with van der Waals surface area (Å²) in [5, 5.41) is 3.04. The van der Waals surface area contributed by atoms with Gasteiger partial charge in [-0.25, -0.2) is 0 Å². The standard InChI is InChI=1S/C14H27N3O/c1-3-10(2)16-14(18)6-7-17-12-4-5-13(17)9-11(15)8-12/h10-13H,3-9,15H2,1-2H3,(H,16,18). The molecule has 2 rings (SSSR count). The highest BCUT2D eigenvalue weighted by Gasteiger charge is 2.39. The van der Waals surface area contributed by atoms with Gasteiger partial charge < -0.3 is 11.1 Å². The van der Waals surface area contributed by atoms with Crippen LogP contribution >= 0.6 is 0 Å². The molecule has 2 fully saturated rings. The van der Waals surface area contributed by atoms with E-state index in [1.165, 1.54) is 12.8 Å². The van der Waals surface area contributed by atoms with Crippen LogP contribution in [0.3, 0.4) is 0 Å². The van der Waals surface area contributed by atoms with Crippen LogP contribution in [-0.2, 0) is 4.79 Å². The summed E-state index contributed by atoms with van der Waals surface area (Å²) in [4.78, 5) is 14.3. The number of fused-ring (bicyclic) bond motifs is 2. The molecule has 0 saturated carbocycles. The van der Waals surface area contributed by atoms with Gasteiger partial charge in [-0.05, 0) is 39.0 Å². The van der Waals surface area contributed by atoms with Gasteiger partial charge in [0, 0.05) is 37.1 Å². The molecular formula is C14H27N3O. The largest absolute Gasteiger partial charge is 0.354 e. The van der Waals surface area contributed by atoms with E-state index in [1.807, 2.05) is 0 Å². The van der Waals surface area contributed by atoms with E-state index in [2.05, 4.69) is 24.1 Å². The molecule has 0 aromatic rings. The molecule has 18 heavy (non-hydrogen) atoms. The molecule has 3 N–H and O–H groups in total. The lowest BCUT2D eigenvalue weighted by Gasteiger charge is -2.37. The van der Waals surface area contributed by atoms with Gasteiger partial charge >= 0.3 is 0 Å². The maximum Gasteiger partial charge on any atom is 0.221 e. The average Bonchev–Trinajstić information content (AvgIpc) is 2.57. The lowest BCUT2D eigenvalue weighted by atomic mass is 9.98. The van der Waals surface area contributed by atoms with Gasteiger partial charge in [0.1, 0.15) is 0 Å². The highest BCUT2D eigenvalue weighted by Crippen LogP contribution is 2.34. The predicted molar refractivity (Wildman–Crippen MR) is 73.2 cm³/mol. The molecule has 1 amide bonds. The summed E-state index contributed by atoms with van der Waals surface area (Å²) < 4.78 is 0. The summed E-state index contributed by atoms with van der Waals surface area (Å²) in [6.07, 6.45) is 6.39. The maximum atomic E-state index is 11.8. The first-order chi connectivity index (χ1) is 8.60. The Labute approximate surface area is 110 Å². The quantitative estimate of drug-likeness (QED) is 0.775. The third-order valence-electron chi connectivity index (χ3n) is 4.54. The zero-order valence-corrected chi connectivity index (χ0v) is 11.7. The molecule has 2 aliphatic heterocycles. The van der Waals surface area contributed by atoms with Crippen LogP contribution in [0, 0.1) is 0 Å². The average molecular weight is 253 g/mol. The molecule has 3 atom stereocenters. The molecule has 0 radical (unpaired) electrons. The van der Waals surface area contributed by atoms with Crippen molar-refractivity contribution in [3.63, 3.8) is 0 Å². The number of nitrogens with zero attached hydrogens (tertiary/aromatic N) is 1. The van der Waals surface area contributed by atoms with Gasteiger partial charge in [0.2, 0.25) is 5.91 Å². The van der Waals surface area contributed by atoms with Crippen LogP contribution in [0.15, 0.2) is 0 Å². The van der Waals surface area contributed by atoms with E-state index in [9.17, 15) is 4.79 Å². The first-order valence-corrected chi connectivity index (χ1v) is 7.40. The smallest absolute Gasteiger partial charge is 0.221 e. The summed E-state index contributed by atoms with van der Waals surface area (Å²) in [6, 6.07) is 1.95. The van der Waals surface area contributed by atoms with Crippen molar-refractivity contribution in [2.75, 3.05) is 6.54 Å². The summed E-state index contributed by atoms with van der Waals surface area (Å²) >= 11 is 0. The van der Waals surface area contributed by atoms with E-state index in [0.717, 1.165) is 25.8 Å². The Morgan fingerprint density at radius 2 is 2.00 bits per heavy atom. The van der Waals surface area contributed by atoms with Gasteiger partial charge in [0.15, 0.2) is 0 Å². The Hall–Kier alpha value is -0.610. The van der Waals surface area contributed by atoms with E-state index in [0.29, 0.717) is 30.6 Å². The first kappa shape index (κ1) is 13.8.